The summed E-state index contributed by atoms with van der Waals surface area (Å²) in [6, 6.07) is 6.99. The van der Waals surface area contributed by atoms with Gasteiger partial charge < -0.3 is 15.6 Å². The van der Waals surface area contributed by atoms with Gasteiger partial charge in [0, 0.05) is 36.1 Å². The SMILES string of the molecule is O=[N+]([O-])c1cnc(Nc2ccc(Cl)cc2)nc1NCCCc1ncc[nH]1. The maximum absolute atomic E-state index is 11.2. The van der Waals surface area contributed by atoms with Gasteiger partial charge in [0.25, 0.3) is 0 Å². The molecule has 26 heavy (non-hydrogen) atoms. The summed E-state index contributed by atoms with van der Waals surface area (Å²) in [6.07, 6.45) is 6.10. The third-order valence-corrected chi connectivity index (χ3v) is 3.76. The molecule has 1 aromatic carbocycles. The van der Waals surface area contributed by atoms with Crippen LogP contribution < -0.4 is 10.6 Å². The van der Waals surface area contributed by atoms with E-state index < -0.39 is 4.92 Å². The average molecular weight is 374 g/mol. The molecule has 9 nitrogen and oxygen atoms in total. The van der Waals surface area contributed by atoms with E-state index in [9.17, 15) is 10.1 Å². The van der Waals surface area contributed by atoms with Crippen LogP contribution in [0.5, 0.6) is 0 Å². The summed E-state index contributed by atoms with van der Waals surface area (Å²) in [5.41, 5.74) is 0.552. The summed E-state index contributed by atoms with van der Waals surface area (Å²) < 4.78 is 0. The third kappa shape index (κ3) is 4.67. The van der Waals surface area contributed by atoms with Crippen molar-refractivity contribution in [2.45, 2.75) is 12.8 Å². The predicted molar refractivity (Wildman–Crippen MR) is 98.8 cm³/mol. The Hall–Kier alpha value is -3.20. The lowest BCUT2D eigenvalue weighted by atomic mass is 10.3. The van der Waals surface area contributed by atoms with Crippen molar-refractivity contribution in [1.29, 1.82) is 0 Å². The van der Waals surface area contributed by atoms with Gasteiger partial charge in [-0.2, -0.15) is 4.98 Å². The molecule has 2 aromatic heterocycles. The van der Waals surface area contributed by atoms with Gasteiger partial charge in [0.2, 0.25) is 11.8 Å². The van der Waals surface area contributed by atoms with Crippen LogP contribution in [0.25, 0.3) is 0 Å². The van der Waals surface area contributed by atoms with Crippen LogP contribution >= 0.6 is 11.6 Å². The molecule has 2 heterocycles. The van der Waals surface area contributed by atoms with E-state index in [2.05, 4.69) is 30.6 Å². The van der Waals surface area contributed by atoms with Crippen molar-refractivity contribution in [2.75, 3.05) is 17.2 Å². The highest BCUT2D eigenvalue weighted by molar-refractivity contribution is 6.30. The number of rotatable bonds is 8. The lowest BCUT2D eigenvalue weighted by Crippen LogP contribution is -2.09. The summed E-state index contributed by atoms with van der Waals surface area (Å²) >= 11 is 5.85. The predicted octanol–water partition coefficient (Wildman–Crippen LogP) is 3.55. The quantitative estimate of drug-likeness (QED) is 0.313. The molecule has 134 valence electrons. The molecule has 3 aromatic rings. The smallest absolute Gasteiger partial charge is 0.329 e. The zero-order chi connectivity index (χ0) is 18.4. The molecule has 3 rings (SSSR count). The monoisotopic (exact) mass is 373 g/mol. The maximum Gasteiger partial charge on any atom is 0.329 e. The topological polar surface area (TPSA) is 122 Å². The van der Waals surface area contributed by atoms with Crippen LogP contribution in [0.3, 0.4) is 0 Å². The summed E-state index contributed by atoms with van der Waals surface area (Å²) in [7, 11) is 0. The molecule has 0 saturated heterocycles. The first-order valence-corrected chi connectivity index (χ1v) is 8.26. The number of imidazole rings is 1. The molecule has 0 amide bonds. The lowest BCUT2D eigenvalue weighted by Gasteiger charge is -2.09. The average Bonchev–Trinajstić information content (AvgIpc) is 3.14. The van der Waals surface area contributed by atoms with Crippen molar-refractivity contribution >= 4 is 34.7 Å². The van der Waals surface area contributed by atoms with Gasteiger partial charge in [-0.15, -0.1) is 0 Å². The molecule has 0 fully saturated rings. The van der Waals surface area contributed by atoms with Crippen molar-refractivity contribution in [2.24, 2.45) is 0 Å². The summed E-state index contributed by atoms with van der Waals surface area (Å²) in [6.45, 7) is 0.513. The van der Waals surface area contributed by atoms with Crippen molar-refractivity contribution in [3.05, 3.63) is 63.8 Å². The first-order chi connectivity index (χ1) is 12.6. The minimum atomic E-state index is -0.513. The van der Waals surface area contributed by atoms with Crippen LogP contribution in [0, 0.1) is 10.1 Å². The van der Waals surface area contributed by atoms with Gasteiger partial charge in [-0.1, -0.05) is 11.6 Å². The molecular weight excluding hydrogens is 358 g/mol. The Balaban J connectivity index is 1.67. The van der Waals surface area contributed by atoms with E-state index >= 15 is 0 Å². The number of aromatic nitrogens is 4. The van der Waals surface area contributed by atoms with Crippen molar-refractivity contribution in [3.63, 3.8) is 0 Å². The molecule has 0 aliphatic heterocycles. The number of aryl methyl sites for hydroxylation is 1. The number of anilines is 3. The molecule has 0 bridgehead atoms. The van der Waals surface area contributed by atoms with Gasteiger partial charge >= 0.3 is 5.69 Å². The largest absolute Gasteiger partial charge is 0.364 e. The Bertz CT molecular complexity index is 869. The Morgan fingerprint density at radius 2 is 2.04 bits per heavy atom. The number of hydrogen-bond donors (Lipinski definition) is 3. The normalized spacial score (nSPS) is 10.5. The number of nitrogens with one attached hydrogen (secondary N) is 3. The van der Waals surface area contributed by atoms with Crippen LogP contribution in [0.2, 0.25) is 5.02 Å². The van der Waals surface area contributed by atoms with Crippen LogP contribution in [0.15, 0.2) is 42.9 Å². The van der Waals surface area contributed by atoms with Crippen molar-refractivity contribution in [3.8, 4) is 0 Å². The first-order valence-electron chi connectivity index (χ1n) is 7.88. The van der Waals surface area contributed by atoms with Gasteiger partial charge in [0.05, 0.1) is 4.92 Å². The van der Waals surface area contributed by atoms with Gasteiger partial charge in [0.15, 0.2) is 0 Å². The second-order valence-electron chi connectivity index (χ2n) is 5.38. The van der Waals surface area contributed by atoms with E-state index in [0.29, 0.717) is 11.6 Å². The molecule has 0 atom stereocenters. The number of nitrogens with zero attached hydrogens (tertiary/aromatic N) is 4. The number of aromatic amines is 1. The molecule has 0 aliphatic carbocycles. The minimum Gasteiger partial charge on any atom is -0.364 e. The lowest BCUT2D eigenvalue weighted by molar-refractivity contribution is -0.384. The highest BCUT2D eigenvalue weighted by Gasteiger charge is 2.17. The van der Waals surface area contributed by atoms with Crippen LogP contribution in [-0.2, 0) is 6.42 Å². The fourth-order valence-corrected chi connectivity index (χ4v) is 2.39. The van der Waals surface area contributed by atoms with Crippen LogP contribution in [0.1, 0.15) is 12.2 Å². The zero-order valence-electron chi connectivity index (χ0n) is 13.6. The number of nitro groups is 1. The van der Waals surface area contributed by atoms with E-state index in [-0.39, 0.29) is 17.5 Å². The summed E-state index contributed by atoms with van der Waals surface area (Å²) in [5.74, 6) is 1.29. The van der Waals surface area contributed by atoms with Gasteiger partial charge in [-0.3, -0.25) is 10.1 Å². The Morgan fingerprint density at radius 1 is 1.23 bits per heavy atom. The van der Waals surface area contributed by atoms with E-state index in [4.69, 9.17) is 11.6 Å². The second kappa shape index (κ2) is 8.26. The van der Waals surface area contributed by atoms with E-state index in [1.54, 1.807) is 36.7 Å². The second-order valence-corrected chi connectivity index (χ2v) is 5.82. The fraction of sp³-hybridized carbons (Fsp3) is 0.188. The molecule has 10 heteroatoms. The molecular formula is C16H16ClN7O2. The number of halogens is 1. The number of H-pyrrole nitrogens is 1. The number of hydrogen-bond acceptors (Lipinski definition) is 7. The summed E-state index contributed by atoms with van der Waals surface area (Å²) in [5, 5.41) is 17.8. The Morgan fingerprint density at radius 3 is 2.73 bits per heavy atom. The highest BCUT2D eigenvalue weighted by atomic mass is 35.5. The Labute approximate surface area is 154 Å². The zero-order valence-corrected chi connectivity index (χ0v) is 14.4. The standard InChI is InChI=1S/C16H16ClN7O2/c17-11-3-5-12(6-4-11)22-16-21-10-13(24(25)26)15(23-16)20-7-1-2-14-18-8-9-19-14/h3-6,8-10H,1-2,7H2,(H,18,19)(H2,20,21,22,23). The van der Waals surface area contributed by atoms with E-state index in [1.165, 1.54) is 6.20 Å². The molecule has 0 unspecified atom stereocenters. The number of benzene rings is 1. The van der Waals surface area contributed by atoms with E-state index in [1.807, 2.05) is 0 Å². The van der Waals surface area contributed by atoms with Crippen molar-refractivity contribution in [1.82, 2.24) is 19.9 Å². The van der Waals surface area contributed by atoms with Gasteiger partial charge in [-0.05, 0) is 30.7 Å². The molecule has 3 N–H and O–H groups in total. The third-order valence-electron chi connectivity index (χ3n) is 3.50. The minimum absolute atomic E-state index is 0.168. The van der Waals surface area contributed by atoms with Crippen LogP contribution in [0.4, 0.5) is 23.1 Å². The van der Waals surface area contributed by atoms with Gasteiger partial charge in [-0.25, -0.2) is 9.97 Å². The van der Waals surface area contributed by atoms with Crippen molar-refractivity contribution < 1.29 is 4.92 Å². The highest BCUT2D eigenvalue weighted by Crippen LogP contribution is 2.24. The summed E-state index contributed by atoms with van der Waals surface area (Å²) in [4.78, 5) is 26.0. The molecule has 0 aliphatic rings. The molecule has 0 saturated carbocycles. The fourth-order valence-electron chi connectivity index (χ4n) is 2.26. The molecule has 0 radical (unpaired) electrons. The van der Waals surface area contributed by atoms with Crippen LogP contribution in [-0.4, -0.2) is 31.4 Å². The van der Waals surface area contributed by atoms with E-state index in [0.717, 1.165) is 24.4 Å². The molecule has 0 spiro atoms. The van der Waals surface area contributed by atoms with Gasteiger partial charge in [0.1, 0.15) is 12.0 Å². The maximum atomic E-state index is 11.2. The Kier molecular flexibility index (Phi) is 5.59. The first kappa shape index (κ1) is 17.6.